The summed E-state index contributed by atoms with van der Waals surface area (Å²) in [5.41, 5.74) is 2.75. The van der Waals surface area contributed by atoms with E-state index in [-0.39, 0.29) is 6.03 Å². The zero-order valence-electron chi connectivity index (χ0n) is 15.5. The molecule has 0 aromatic heterocycles. The molecule has 0 fully saturated rings. The highest BCUT2D eigenvalue weighted by Gasteiger charge is 2.11. The Kier molecular flexibility index (Phi) is 7.91. The van der Waals surface area contributed by atoms with Crippen molar-refractivity contribution in [3.8, 4) is 0 Å². The summed E-state index contributed by atoms with van der Waals surface area (Å²) in [6.07, 6.45) is 1.99. The highest BCUT2D eigenvalue weighted by atomic mass is 16.5. The van der Waals surface area contributed by atoms with E-state index in [1.54, 1.807) is 23.1 Å². The number of nitrogens with zero attached hydrogens (tertiary/aromatic N) is 1. The largest absolute Gasteiger partial charge is 0.453 e. The van der Waals surface area contributed by atoms with Crippen molar-refractivity contribution < 1.29 is 14.3 Å². The number of nitrogens with one attached hydrogen (secondary N) is 2. The van der Waals surface area contributed by atoms with Gasteiger partial charge in [-0.3, -0.25) is 5.32 Å². The number of amides is 3. The van der Waals surface area contributed by atoms with Gasteiger partial charge in [-0.25, -0.2) is 9.59 Å². The van der Waals surface area contributed by atoms with Crippen LogP contribution >= 0.6 is 0 Å². The Morgan fingerprint density at radius 2 is 1.78 bits per heavy atom. The van der Waals surface area contributed by atoms with E-state index >= 15 is 0 Å². The highest BCUT2D eigenvalue weighted by molar-refractivity contribution is 5.84. The third kappa shape index (κ3) is 6.86. The summed E-state index contributed by atoms with van der Waals surface area (Å²) in [4.78, 5) is 25.4. The fourth-order valence-electron chi connectivity index (χ4n) is 2.50. The van der Waals surface area contributed by atoms with Gasteiger partial charge >= 0.3 is 12.1 Å². The van der Waals surface area contributed by atoms with E-state index in [2.05, 4.69) is 21.9 Å². The lowest BCUT2D eigenvalue weighted by Crippen LogP contribution is -2.40. The van der Waals surface area contributed by atoms with Crippen molar-refractivity contribution >= 4 is 17.8 Å². The van der Waals surface area contributed by atoms with Gasteiger partial charge in [-0.05, 0) is 29.7 Å². The Morgan fingerprint density at radius 3 is 2.41 bits per heavy atom. The molecule has 0 unspecified atom stereocenters. The van der Waals surface area contributed by atoms with Crippen LogP contribution in [0.5, 0.6) is 0 Å². The smallest absolute Gasteiger partial charge is 0.411 e. The Balaban J connectivity index is 1.85. The summed E-state index contributed by atoms with van der Waals surface area (Å²) in [5, 5.41) is 5.50. The van der Waals surface area contributed by atoms with Gasteiger partial charge in [0.1, 0.15) is 0 Å². The molecule has 2 N–H and O–H groups in total. The van der Waals surface area contributed by atoms with Crippen molar-refractivity contribution in [3.63, 3.8) is 0 Å². The minimum Gasteiger partial charge on any atom is -0.453 e. The number of carbonyl (C=O) groups excluding carboxylic acids is 2. The molecule has 0 aliphatic rings. The van der Waals surface area contributed by atoms with E-state index < -0.39 is 6.09 Å². The molecule has 2 rings (SSSR count). The zero-order valence-corrected chi connectivity index (χ0v) is 15.5. The van der Waals surface area contributed by atoms with Gasteiger partial charge in [-0.1, -0.05) is 48.5 Å². The van der Waals surface area contributed by atoms with Gasteiger partial charge in [0.25, 0.3) is 0 Å². The number of carbonyl (C=O) groups is 2. The maximum atomic E-state index is 12.5. The lowest BCUT2D eigenvalue weighted by molar-refractivity contribution is 0.187. The molecule has 2 aromatic rings. The quantitative estimate of drug-likeness (QED) is 0.697. The second-order valence-electron chi connectivity index (χ2n) is 5.94. The first-order chi connectivity index (χ1) is 13.1. The van der Waals surface area contributed by atoms with Gasteiger partial charge in [0.15, 0.2) is 0 Å². The van der Waals surface area contributed by atoms with Gasteiger partial charge in [-0.2, -0.15) is 0 Å². The van der Waals surface area contributed by atoms with E-state index in [4.69, 9.17) is 0 Å². The maximum Gasteiger partial charge on any atom is 0.411 e. The highest BCUT2D eigenvalue weighted by Crippen LogP contribution is 2.10. The van der Waals surface area contributed by atoms with Crippen LogP contribution in [0.1, 0.15) is 11.1 Å². The Labute approximate surface area is 159 Å². The number of urea groups is 1. The molecule has 0 bridgehead atoms. The summed E-state index contributed by atoms with van der Waals surface area (Å²) in [5.74, 6) is 0. The molecule has 2 aromatic carbocycles. The number of benzene rings is 2. The molecular formula is C21H25N3O3. The average molecular weight is 367 g/mol. The Morgan fingerprint density at radius 1 is 1.07 bits per heavy atom. The summed E-state index contributed by atoms with van der Waals surface area (Å²) >= 11 is 0. The van der Waals surface area contributed by atoms with Crippen molar-refractivity contribution in [1.82, 2.24) is 10.2 Å². The number of hydrogen-bond acceptors (Lipinski definition) is 3. The number of anilines is 1. The average Bonchev–Trinajstić information content (AvgIpc) is 2.71. The lowest BCUT2D eigenvalue weighted by Gasteiger charge is -2.21. The molecule has 0 heterocycles. The molecule has 0 spiro atoms. The van der Waals surface area contributed by atoms with E-state index in [9.17, 15) is 9.59 Å². The van der Waals surface area contributed by atoms with Crippen molar-refractivity contribution in [2.75, 3.05) is 25.5 Å². The topological polar surface area (TPSA) is 70.7 Å². The third-order valence-electron chi connectivity index (χ3n) is 3.98. The van der Waals surface area contributed by atoms with Crippen molar-refractivity contribution in [2.24, 2.45) is 0 Å². The van der Waals surface area contributed by atoms with Crippen LogP contribution in [0.15, 0.2) is 67.3 Å². The predicted octanol–water partition coefficient (Wildman–Crippen LogP) is 3.81. The second-order valence-corrected chi connectivity index (χ2v) is 5.94. The van der Waals surface area contributed by atoms with Crippen molar-refractivity contribution in [3.05, 3.63) is 78.4 Å². The molecule has 0 saturated carbocycles. The van der Waals surface area contributed by atoms with Crippen LogP contribution in [0.2, 0.25) is 0 Å². The van der Waals surface area contributed by atoms with Gasteiger partial charge in [-0.15, -0.1) is 6.58 Å². The number of methoxy groups -OCH3 is 1. The normalized spacial score (nSPS) is 9.96. The van der Waals surface area contributed by atoms with Crippen LogP contribution < -0.4 is 10.6 Å². The van der Waals surface area contributed by atoms with Gasteiger partial charge < -0.3 is 15.0 Å². The monoisotopic (exact) mass is 367 g/mol. The fourth-order valence-corrected chi connectivity index (χ4v) is 2.50. The molecule has 6 heteroatoms. The Hall–Kier alpha value is -3.28. The number of rotatable bonds is 8. The summed E-state index contributed by atoms with van der Waals surface area (Å²) in [6, 6.07) is 17.1. The van der Waals surface area contributed by atoms with Crippen molar-refractivity contribution in [1.29, 1.82) is 0 Å². The molecule has 0 aliphatic carbocycles. The van der Waals surface area contributed by atoms with Crippen LogP contribution in [-0.4, -0.2) is 37.2 Å². The lowest BCUT2D eigenvalue weighted by atomic mass is 10.1. The first-order valence-electron chi connectivity index (χ1n) is 8.74. The first kappa shape index (κ1) is 20.0. The molecule has 0 atom stereocenters. The fraction of sp³-hybridized carbons (Fsp3) is 0.238. The molecular weight excluding hydrogens is 342 g/mol. The molecule has 3 amide bonds. The van der Waals surface area contributed by atoms with E-state index in [0.717, 1.165) is 12.0 Å². The first-order valence-corrected chi connectivity index (χ1v) is 8.74. The molecule has 142 valence electrons. The van der Waals surface area contributed by atoms with E-state index in [0.29, 0.717) is 25.3 Å². The molecule has 0 aliphatic heterocycles. The molecule has 0 radical (unpaired) electrons. The molecule has 27 heavy (non-hydrogen) atoms. The second kappa shape index (κ2) is 10.7. The standard InChI is InChI=1S/C21H25N3O3/c1-3-14-24(15-13-17-7-5-4-6-8-17)20(25)22-16-18-9-11-19(12-10-18)23-21(26)27-2/h3-12H,1,13-16H2,2H3,(H,22,25)(H,23,26). The van der Waals surface area contributed by atoms with Crippen LogP contribution in [-0.2, 0) is 17.7 Å². The summed E-state index contributed by atoms with van der Waals surface area (Å²) in [7, 11) is 1.31. The predicted molar refractivity (Wildman–Crippen MR) is 107 cm³/mol. The molecule has 6 nitrogen and oxygen atoms in total. The van der Waals surface area contributed by atoms with Crippen molar-refractivity contribution in [2.45, 2.75) is 13.0 Å². The molecule has 0 saturated heterocycles. The van der Waals surface area contributed by atoms with Crippen LogP contribution in [0, 0.1) is 0 Å². The number of hydrogen-bond donors (Lipinski definition) is 2. The van der Waals surface area contributed by atoms with Crippen LogP contribution in [0.3, 0.4) is 0 Å². The van der Waals surface area contributed by atoms with Crippen LogP contribution in [0.4, 0.5) is 15.3 Å². The maximum absolute atomic E-state index is 12.5. The van der Waals surface area contributed by atoms with Gasteiger partial charge in [0.2, 0.25) is 0 Å². The SMILES string of the molecule is C=CCN(CCc1ccccc1)C(=O)NCc1ccc(NC(=O)OC)cc1. The van der Waals surface area contributed by atoms with E-state index in [1.807, 2.05) is 42.5 Å². The summed E-state index contributed by atoms with van der Waals surface area (Å²) < 4.78 is 4.55. The van der Waals surface area contributed by atoms with Gasteiger partial charge in [0.05, 0.1) is 7.11 Å². The van der Waals surface area contributed by atoms with E-state index in [1.165, 1.54) is 12.7 Å². The third-order valence-corrected chi connectivity index (χ3v) is 3.98. The van der Waals surface area contributed by atoms with Gasteiger partial charge in [0, 0.05) is 25.3 Å². The Bertz CT molecular complexity index is 745. The van der Waals surface area contributed by atoms with Crippen LogP contribution in [0.25, 0.3) is 0 Å². The zero-order chi connectivity index (χ0) is 19.5. The number of ether oxygens (including phenoxy) is 1. The minimum absolute atomic E-state index is 0.136. The minimum atomic E-state index is -0.519. The summed E-state index contributed by atoms with van der Waals surface area (Å²) in [6.45, 7) is 5.23.